The molecule has 2 aromatic carbocycles. The van der Waals surface area contributed by atoms with Gasteiger partial charge in [0.15, 0.2) is 10.2 Å². The van der Waals surface area contributed by atoms with Crippen molar-refractivity contribution in [1.82, 2.24) is 14.8 Å². The highest BCUT2D eigenvalue weighted by atomic mass is 32.1. The average molecular weight is 564 g/mol. The van der Waals surface area contributed by atoms with Crippen molar-refractivity contribution in [3.63, 3.8) is 0 Å². The van der Waals surface area contributed by atoms with Gasteiger partial charge in [0.25, 0.3) is 0 Å². The molecule has 1 aliphatic heterocycles. The third-order valence-electron chi connectivity index (χ3n) is 7.25. The maximum absolute atomic E-state index is 13.4. The molecule has 2 fully saturated rings. The summed E-state index contributed by atoms with van der Waals surface area (Å²) >= 11 is 7.02. The second-order valence-electron chi connectivity index (χ2n) is 9.96. The van der Waals surface area contributed by atoms with Gasteiger partial charge in [-0.25, -0.2) is 4.98 Å². The lowest BCUT2D eigenvalue weighted by molar-refractivity contribution is -0.142. The summed E-state index contributed by atoms with van der Waals surface area (Å²) in [5, 5.41) is 9.03. The van der Waals surface area contributed by atoms with Gasteiger partial charge in [-0.15, -0.1) is 11.3 Å². The maximum atomic E-state index is 13.4. The number of carbonyl (C=O) groups excluding carboxylic acids is 2. The van der Waals surface area contributed by atoms with Gasteiger partial charge < -0.3 is 25.2 Å². The first-order chi connectivity index (χ1) is 19.0. The summed E-state index contributed by atoms with van der Waals surface area (Å²) in [5.74, 6) is 1.70. The van der Waals surface area contributed by atoms with Crippen molar-refractivity contribution < 1.29 is 14.3 Å². The standard InChI is InChI=1S/C29H33N5O3S2/c35-26-20-33(29(38)31-22-11-13-24(14-12-22)37-23-9-5-2-6-10-23)16-17-34(26)25(19-21-7-3-1-4-8-21)27(36)32-28-30-15-18-39-28/h2,5-6,9-15,18,21,25H,1,3-4,7-8,16-17,19-20H2,(H,31,38)(H,30,32,36)/t25-/m0/s1. The number of nitrogens with one attached hydrogen (secondary N) is 2. The van der Waals surface area contributed by atoms with Crippen molar-refractivity contribution >= 4 is 51.3 Å². The van der Waals surface area contributed by atoms with E-state index in [4.69, 9.17) is 17.0 Å². The number of benzene rings is 2. The number of piperazine rings is 1. The Bertz CT molecular complexity index is 1250. The Labute approximate surface area is 238 Å². The molecule has 1 aliphatic carbocycles. The zero-order chi connectivity index (χ0) is 27.0. The van der Waals surface area contributed by atoms with Crippen LogP contribution in [-0.4, -0.2) is 57.4 Å². The number of para-hydroxylation sites is 1. The summed E-state index contributed by atoms with van der Waals surface area (Å²) in [6.07, 6.45) is 8.19. The molecule has 8 nitrogen and oxygen atoms in total. The minimum atomic E-state index is -0.509. The van der Waals surface area contributed by atoms with E-state index in [2.05, 4.69) is 15.6 Å². The number of amides is 2. The van der Waals surface area contributed by atoms with Crippen molar-refractivity contribution in [2.24, 2.45) is 5.92 Å². The lowest BCUT2D eigenvalue weighted by Gasteiger charge is -2.40. The van der Waals surface area contributed by atoms with E-state index in [-0.39, 0.29) is 18.4 Å². The summed E-state index contributed by atoms with van der Waals surface area (Å²) in [4.78, 5) is 34.5. The number of hydrogen-bond acceptors (Lipinski definition) is 6. The fraction of sp³-hybridized carbons (Fsp3) is 0.379. The second-order valence-corrected chi connectivity index (χ2v) is 11.2. The Morgan fingerprint density at radius 1 is 1.03 bits per heavy atom. The molecule has 1 saturated carbocycles. The van der Waals surface area contributed by atoms with Crippen LogP contribution in [0, 0.1) is 5.92 Å². The molecule has 10 heteroatoms. The summed E-state index contributed by atoms with van der Waals surface area (Å²) in [7, 11) is 0. The summed E-state index contributed by atoms with van der Waals surface area (Å²) < 4.78 is 5.85. The molecule has 2 aliphatic rings. The number of hydrogen-bond donors (Lipinski definition) is 2. The van der Waals surface area contributed by atoms with Gasteiger partial charge in [0.05, 0.1) is 6.54 Å². The molecule has 0 radical (unpaired) electrons. The number of rotatable bonds is 8. The minimum absolute atomic E-state index is 0.0906. The van der Waals surface area contributed by atoms with Gasteiger partial charge in [-0.2, -0.15) is 0 Å². The van der Waals surface area contributed by atoms with E-state index in [1.807, 2.05) is 64.9 Å². The van der Waals surface area contributed by atoms with Crippen molar-refractivity contribution in [2.75, 3.05) is 30.3 Å². The molecule has 3 aromatic rings. The number of thiazole rings is 1. The normalized spacial score (nSPS) is 17.0. The molecule has 1 aromatic heterocycles. The third kappa shape index (κ3) is 7.33. The number of ether oxygens (including phenoxy) is 1. The predicted molar refractivity (Wildman–Crippen MR) is 158 cm³/mol. The van der Waals surface area contributed by atoms with Gasteiger partial charge in [-0.3, -0.25) is 9.59 Å². The topological polar surface area (TPSA) is 86.8 Å². The van der Waals surface area contributed by atoms with Crippen molar-refractivity contribution in [2.45, 2.75) is 44.6 Å². The summed E-state index contributed by atoms with van der Waals surface area (Å²) in [6, 6.07) is 16.6. The van der Waals surface area contributed by atoms with Crippen molar-refractivity contribution in [1.29, 1.82) is 0 Å². The zero-order valence-electron chi connectivity index (χ0n) is 21.8. The molecule has 2 N–H and O–H groups in total. The summed E-state index contributed by atoms with van der Waals surface area (Å²) in [6.45, 7) is 1.12. The van der Waals surface area contributed by atoms with Crippen LogP contribution in [0.1, 0.15) is 38.5 Å². The Morgan fingerprint density at radius 3 is 2.46 bits per heavy atom. The van der Waals surface area contributed by atoms with E-state index in [0.29, 0.717) is 35.7 Å². The first-order valence-electron chi connectivity index (χ1n) is 13.4. The smallest absolute Gasteiger partial charge is 0.248 e. The van der Waals surface area contributed by atoms with Crippen LogP contribution in [0.25, 0.3) is 0 Å². The Balaban J connectivity index is 1.18. The quantitative estimate of drug-likeness (QED) is 0.337. The fourth-order valence-electron chi connectivity index (χ4n) is 5.21. The first-order valence-corrected chi connectivity index (χ1v) is 14.7. The Kier molecular flexibility index (Phi) is 9.05. The van der Waals surface area contributed by atoms with Gasteiger partial charge in [-0.1, -0.05) is 50.3 Å². The Morgan fingerprint density at radius 2 is 1.77 bits per heavy atom. The van der Waals surface area contributed by atoms with E-state index in [1.54, 1.807) is 11.1 Å². The van der Waals surface area contributed by atoms with Crippen molar-refractivity contribution in [3.8, 4) is 11.5 Å². The van der Waals surface area contributed by atoms with Crippen LogP contribution < -0.4 is 15.4 Å². The predicted octanol–water partition coefficient (Wildman–Crippen LogP) is 5.75. The molecule has 2 heterocycles. The molecular formula is C29H33N5O3S2. The first kappa shape index (κ1) is 27.1. The molecular weight excluding hydrogens is 530 g/mol. The number of carbonyl (C=O) groups is 2. The van der Waals surface area contributed by atoms with E-state index in [9.17, 15) is 9.59 Å². The van der Waals surface area contributed by atoms with E-state index in [1.165, 1.54) is 30.6 Å². The number of anilines is 2. The van der Waals surface area contributed by atoms with Gasteiger partial charge in [0.2, 0.25) is 11.8 Å². The molecule has 39 heavy (non-hydrogen) atoms. The largest absolute Gasteiger partial charge is 0.457 e. The third-order valence-corrected chi connectivity index (χ3v) is 8.30. The van der Waals surface area contributed by atoms with E-state index in [0.717, 1.165) is 30.0 Å². The van der Waals surface area contributed by atoms with Crippen LogP contribution in [0.15, 0.2) is 66.2 Å². The molecule has 1 atom stereocenters. The highest BCUT2D eigenvalue weighted by molar-refractivity contribution is 7.80. The summed E-state index contributed by atoms with van der Waals surface area (Å²) in [5.41, 5.74) is 0.813. The van der Waals surface area contributed by atoms with Gasteiger partial charge >= 0.3 is 0 Å². The minimum Gasteiger partial charge on any atom is -0.457 e. The highest BCUT2D eigenvalue weighted by Gasteiger charge is 2.36. The fourth-order valence-corrected chi connectivity index (χ4v) is 6.02. The molecule has 0 unspecified atom stereocenters. The monoisotopic (exact) mass is 563 g/mol. The molecule has 0 spiro atoms. The maximum Gasteiger partial charge on any atom is 0.248 e. The number of aromatic nitrogens is 1. The molecule has 2 amide bonds. The van der Waals surface area contributed by atoms with Crippen LogP contribution in [0.5, 0.6) is 11.5 Å². The van der Waals surface area contributed by atoms with E-state index >= 15 is 0 Å². The van der Waals surface area contributed by atoms with Crippen LogP contribution in [-0.2, 0) is 9.59 Å². The second kappa shape index (κ2) is 13.0. The van der Waals surface area contributed by atoms with Crippen molar-refractivity contribution in [3.05, 3.63) is 66.2 Å². The van der Waals surface area contributed by atoms with Crippen LogP contribution in [0.4, 0.5) is 10.8 Å². The van der Waals surface area contributed by atoms with Crippen LogP contribution in [0.2, 0.25) is 0 Å². The number of nitrogens with zero attached hydrogens (tertiary/aromatic N) is 3. The molecule has 0 bridgehead atoms. The van der Waals surface area contributed by atoms with Crippen LogP contribution in [0.3, 0.4) is 0 Å². The van der Waals surface area contributed by atoms with E-state index < -0.39 is 6.04 Å². The van der Waals surface area contributed by atoms with Gasteiger partial charge in [0.1, 0.15) is 17.5 Å². The lowest BCUT2D eigenvalue weighted by atomic mass is 9.84. The SMILES string of the molecule is O=C(Nc1nccs1)[C@H](CC1CCCCC1)N1CCN(C(=S)Nc2ccc(Oc3ccccc3)cc2)CC1=O. The van der Waals surface area contributed by atoms with Crippen LogP contribution >= 0.6 is 23.6 Å². The molecule has 1 saturated heterocycles. The number of thiocarbonyl (C=S) groups is 1. The van der Waals surface area contributed by atoms with Gasteiger partial charge in [0, 0.05) is 30.4 Å². The highest BCUT2D eigenvalue weighted by Crippen LogP contribution is 2.30. The lowest BCUT2D eigenvalue weighted by Crippen LogP contribution is -2.59. The van der Waals surface area contributed by atoms with Gasteiger partial charge in [-0.05, 0) is 61.0 Å². The average Bonchev–Trinajstić information content (AvgIpc) is 3.47. The molecule has 5 rings (SSSR count). The zero-order valence-corrected chi connectivity index (χ0v) is 23.4. The Hall–Kier alpha value is -3.50. The molecule has 204 valence electrons.